The maximum absolute atomic E-state index is 12.3. The number of piperidine rings is 1. The Balaban J connectivity index is 2.52. The molecule has 1 fully saturated rings. The molecule has 0 aromatic heterocycles. The van der Waals surface area contributed by atoms with Crippen LogP contribution in [0.25, 0.3) is 0 Å². The summed E-state index contributed by atoms with van der Waals surface area (Å²) in [5.41, 5.74) is -0.447. The molecule has 2 amide bonds. The summed E-state index contributed by atoms with van der Waals surface area (Å²) < 4.78 is 5.05. The van der Waals surface area contributed by atoms with Gasteiger partial charge in [-0.15, -0.1) is 0 Å². The summed E-state index contributed by atoms with van der Waals surface area (Å²) >= 11 is 0. The third kappa shape index (κ3) is 2.89. The highest BCUT2D eigenvalue weighted by atomic mass is 16.5. The van der Waals surface area contributed by atoms with Crippen LogP contribution < -0.4 is 9.64 Å². The number of benzene rings is 1. The Labute approximate surface area is 122 Å². The minimum Gasteiger partial charge on any atom is -0.497 e. The summed E-state index contributed by atoms with van der Waals surface area (Å²) in [6, 6.07) is 4.21. The first-order chi connectivity index (χ1) is 9.75. The molecule has 2 rings (SSSR count). The quantitative estimate of drug-likeness (QED) is 0.862. The zero-order chi connectivity index (χ0) is 15.8. The largest absolute Gasteiger partial charge is 0.497 e. The number of anilines is 1. The fourth-order valence-electron chi connectivity index (χ4n) is 2.45. The Bertz CT molecular complexity index is 600. The molecule has 1 aliphatic rings. The number of carbonyl (C=O) groups excluding carboxylic acids is 2. The minimum atomic E-state index is -1.20. The Morgan fingerprint density at radius 1 is 1.24 bits per heavy atom. The van der Waals surface area contributed by atoms with Crippen molar-refractivity contribution in [3.63, 3.8) is 0 Å². The van der Waals surface area contributed by atoms with Crippen molar-refractivity contribution >= 4 is 23.5 Å². The van der Waals surface area contributed by atoms with E-state index in [9.17, 15) is 19.5 Å². The number of hydrogen-bond acceptors (Lipinski definition) is 4. The Kier molecular flexibility index (Phi) is 3.72. The van der Waals surface area contributed by atoms with Crippen LogP contribution in [0, 0.1) is 5.41 Å². The summed E-state index contributed by atoms with van der Waals surface area (Å²) in [6.45, 7) is 3.67. The summed E-state index contributed by atoms with van der Waals surface area (Å²) in [6.07, 6.45) is 0.379. The maximum atomic E-state index is 12.3. The van der Waals surface area contributed by atoms with Crippen molar-refractivity contribution in [2.75, 3.05) is 12.0 Å². The molecule has 6 nitrogen and oxygen atoms in total. The smallest absolute Gasteiger partial charge is 0.337 e. The lowest BCUT2D eigenvalue weighted by molar-refractivity contribution is -0.132. The normalized spacial score (nSPS) is 17.8. The monoisotopic (exact) mass is 291 g/mol. The van der Waals surface area contributed by atoms with E-state index < -0.39 is 23.2 Å². The van der Waals surface area contributed by atoms with Crippen LogP contribution in [0.5, 0.6) is 5.75 Å². The molecule has 1 aromatic rings. The SMILES string of the molecule is COc1ccc(C(=O)O)c(N2C(=O)CC(C)(C)CC2=O)c1. The van der Waals surface area contributed by atoms with Crippen molar-refractivity contribution in [2.45, 2.75) is 26.7 Å². The number of amides is 2. The van der Waals surface area contributed by atoms with Crippen molar-refractivity contribution in [2.24, 2.45) is 5.41 Å². The van der Waals surface area contributed by atoms with E-state index in [1.165, 1.54) is 25.3 Å². The number of rotatable bonds is 3. The molecule has 1 aromatic carbocycles. The van der Waals surface area contributed by atoms with Crippen LogP contribution in [0.4, 0.5) is 5.69 Å². The number of ether oxygens (including phenoxy) is 1. The summed E-state index contributed by atoms with van der Waals surface area (Å²) in [4.78, 5) is 36.8. The molecule has 0 aliphatic carbocycles. The van der Waals surface area contributed by atoms with Gasteiger partial charge >= 0.3 is 5.97 Å². The van der Waals surface area contributed by atoms with Gasteiger partial charge in [-0.2, -0.15) is 0 Å². The van der Waals surface area contributed by atoms with E-state index in [4.69, 9.17) is 4.74 Å². The van der Waals surface area contributed by atoms with Crippen molar-refractivity contribution in [1.29, 1.82) is 0 Å². The van der Waals surface area contributed by atoms with E-state index in [0.29, 0.717) is 5.75 Å². The van der Waals surface area contributed by atoms with Crippen LogP contribution in [0.3, 0.4) is 0 Å². The van der Waals surface area contributed by atoms with Crippen molar-refractivity contribution in [3.8, 4) is 5.75 Å². The molecular weight excluding hydrogens is 274 g/mol. The first-order valence-corrected chi connectivity index (χ1v) is 6.52. The third-order valence-corrected chi connectivity index (χ3v) is 3.43. The molecule has 0 bridgehead atoms. The van der Waals surface area contributed by atoms with Gasteiger partial charge in [-0.3, -0.25) is 9.59 Å². The summed E-state index contributed by atoms with van der Waals surface area (Å²) in [5.74, 6) is -1.60. The second-order valence-electron chi connectivity index (χ2n) is 5.83. The molecule has 1 aliphatic heterocycles. The van der Waals surface area contributed by atoms with Gasteiger partial charge in [-0.25, -0.2) is 9.69 Å². The molecule has 21 heavy (non-hydrogen) atoms. The lowest BCUT2D eigenvalue weighted by Gasteiger charge is -2.35. The first kappa shape index (κ1) is 15.0. The zero-order valence-electron chi connectivity index (χ0n) is 12.2. The van der Waals surface area contributed by atoms with Gasteiger partial charge < -0.3 is 9.84 Å². The van der Waals surface area contributed by atoms with Gasteiger partial charge in [-0.1, -0.05) is 13.8 Å². The van der Waals surface area contributed by atoms with Gasteiger partial charge in [0.25, 0.3) is 0 Å². The molecule has 0 unspecified atom stereocenters. The minimum absolute atomic E-state index is 0.0624. The van der Waals surface area contributed by atoms with E-state index in [1.54, 1.807) is 0 Å². The van der Waals surface area contributed by atoms with E-state index in [0.717, 1.165) is 4.90 Å². The predicted octanol–water partition coefficient (Wildman–Crippen LogP) is 2.07. The highest BCUT2D eigenvalue weighted by molar-refractivity contribution is 6.19. The van der Waals surface area contributed by atoms with E-state index in [1.807, 2.05) is 13.8 Å². The number of carboxylic acids is 1. The van der Waals surface area contributed by atoms with Crippen molar-refractivity contribution in [3.05, 3.63) is 23.8 Å². The molecule has 1 N–H and O–H groups in total. The molecule has 6 heteroatoms. The average Bonchev–Trinajstić information content (AvgIpc) is 2.35. The average molecular weight is 291 g/mol. The molecule has 0 saturated carbocycles. The lowest BCUT2D eigenvalue weighted by Crippen LogP contribution is -2.46. The van der Waals surface area contributed by atoms with Gasteiger partial charge in [0.1, 0.15) is 5.75 Å². The van der Waals surface area contributed by atoms with Crippen LogP contribution >= 0.6 is 0 Å². The number of carbonyl (C=O) groups is 3. The standard InChI is InChI=1S/C15H17NO5/c1-15(2)7-12(17)16(13(18)8-15)11-6-9(21-3)4-5-10(11)14(19)20/h4-6H,7-8H2,1-3H3,(H,19,20). The van der Waals surface area contributed by atoms with Gasteiger partial charge in [0.05, 0.1) is 18.4 Å². The second-order valence-corrected chi connectivity index (χ2v) is 5.83. The van der Waals surface area contributed by atoms with E-state index in [-0.39, 0.29) is 24.1 Å². The van der Waals surface area contributed by atoms with Crippen molar-refractivity contribution in [1.82, 2.24) is 0 Å². The molecule has 0 spiro atoms. The van der Waals surface area contributed by atoms with E-state index >= 15 is 0 Å². The molecule has 1 saturated heterocycles. The molecular formula is C15H17NO5. The zero-order valence-corrected chi connectivity index (χ0v) is 12.2. The molecule has 112 valence electrons. The number of imide groups is 1. The van der Waals surface area contributed by atoms with Crippen LogP contribution in [0.2, 0.25) is 0 Å². The van der Waals surface area contributed by atoms with Crippen molar-refractivity contribution < 1.29 is 24.2 Å². The number of aromatic carboxylic acids is 1. The van der Waals surface area contributed by atoms with Crippen LogP contribution in [-0.4, -0.2) is 30.0 Å². The van der Waals surface area contributed by atoms with Crippen LogP contribution in [0.15, 0.2) is 18.2 Å². The Morgan fingerprint density at radius 3 is 2.29 bits per heavy atom. The number of nitrogens with zero attached hydrogens (tertiary/aromatic N) is 1. The van der Waals surface area contributed by atoms with E-state index in [2.05, 4.69) is 0 Å². The molecule has 0 atom stereocenters. The van der Waals surface area contributed by atoms with Gasteiger partial charge in [0, 0.05) is 18.9 Å². The second kappa shape index (κ2) is 5.20. The molecule has 1 heterocycles. The predicted molar refractivity (Wildman–Crippen MR) is 75.5 cm³/mol. The third-order valence-electron chi connectivity index (χ3n) is 3.43. The summed E-state index contributed by atoms with van der Waals surface area (Å²) in [7, 11) is 1.43. The highest BCUT2D eigenvalue weighted by Crippen LogP contribution is 2.36. The van der Waals surface area contributed by atoms with Crippen LogP contribution in [-0.2, 0) is 9.59 Å². The van der Waals surface area contributed by atoms with Gasteiger partial charge in [0.2, 0.25) is 11.8 Å². The highest BCUT2D eigenvalue weighted by Gasteiger charge is 2.39. The maximum Gasteiger partial charge on any atom is 0.337 e. The number of methoxy groups -OCH3 is 1. The van der Waals surface area contributed by atoms with Gasteiger partial charge in [0.15, 0.2) is 0 Å². The Morgan fingerprint density at radius 2 is 1.81 bits per heavy atom. The number of hydrogen-bond donors (Lipinski definition) is 1. The molecule has 0 radical (unpaired) electrons. The van der Waals surface area contributed by atoms with Gasteiger partial charge in [-0.05, 0) is 17.5 Å². The fraction of sp³-hybridized carbons (Fsp3) is 0.400. The van der Waals surface area contributed by atoms with Crippen LogP contribution in [0.1, 0.15) is 37.0 Å². The lowest BCUT2D eigenvalue weighted by atomic mass is 9.81. The Hall–Kier alpha value is -2.37. The number of carboxylic acid groups (broad SMARTS) is 1. The summed E-state index contributed by atoms with van der Waals surface area (Å²) in [5, 5.41) is 9.25. The first-order valence-electron chi connectivity index (χ1n) is 6.52. The fourth-order valence-corrected chi connectivity index (χ4v) is 2.45. The topological polar surface area (TPSA) is 83.9 Å².